The summed E-state index contributed by atoms with van der Waals surface area (Å²) in [5.41, 5.74) is 1.17. The molecule has 19 heavy (non-hydrogen) atoms. The highest BCUT2D eigenvalue weighted by Crippen LogP contribution is 2.16. The first kappa shape index (κ1) is 13.7. The molecule has 0 heterocycles. The molecule has 2 nitrogen and oxygen atoms in total. The normalized spacial score (nSPS) is 10.1. The third-order valence-electron chi connectivity index (χ3n) is 2.77. The molecule has 0 spiro atoms. The fourth-order valence-corrected chi connectivity index (χ4v) is 2.70. The summed E-state index contributed by atoms with van der Waals surface area (Å²) in [4.78, 5) is 14.1. The highest BCUT2D eigenvalue weighted by Gasteiger charge is 2.03. The molecule has 0 bridgehead atoms. The first-order valence-electron chi connectivity index (χ1n) is 6.29. The zero-order chi connectivity index (χ0) is 13.3. The maximum atomic E-state index is 11.1. The van der Waals surface area contributed by atoms with Gasteiger partial charge in [-0.2, -0.15) is 0 Å². The average molecular weight is 271 g/mol. The molecule has 0 unspecified atom stereocenters. The van der Waals surface area contributed by atoms with E-state index in [-0.39, 0.29) is 0 Å². The van der Waals surface area contributed by atoms with Crippen LogP contribution in [0.5, 0.6) is 0 Å². The molecule has 0 aromatic heterocycles. The zero-order valence-corrected chi connectivity index (χ0v) is 11.6. The first-order chi connectivity index (χ1) is 9.38. The molecule has 0 radical (unpaired) electrons. The fourth-order valence-electron chi connectivity index (χ4n) is 1.78. The Morgan fingerprint density at radius 3 is 2.21 bits per heavy atom. The van der Waals surface area contributed by atoms with Crippen LogP contribution in [-0.2, 0) is 11.3 Å². The van der Waals surface area contributed by atoms with Crippen molar-refractivity contribution in [3.8, 4) is 0 Å². The predicted octanol–water partition coefficient (Wildman–Crippen LogP) is 3.44. The fraction of sp³-hybridized carbons (Fsp3) is 0.188. The van der Waals surface area contributed by atoms with Gasteiger partial charge in [0.1, 0.15) is 0 Å². The Bertz CT molecular complexity index is 487. The van der Waals surface area contributed by atoms with Crippen molar-refractivity contribution >= 4 is 18.2 Å². The van der Waals surface area contributed by atoms with E-state index in [9.17, 15) is 4.79 Å². The van der Waals surface area contributed by atoms with Gasteiger partial charge in [-0.3, -0.25) is 4.79 Å². The molecule has 0 aliphatic rings. The van der Waals surface area contributed by atoms with Crippen LogP contribution in [0.2, 0.25) is 0 Å². The monoisotopic (exact) mass is 271 g/mol. The van der Waals surface area contributed by atoms with Gasteiger partial charge in [-0.15, -0.1) is 11.8 Å². The summed E-state index contributed by atoms with van der Waals surface area (Å²) in [5, 5.41) is 0. The number of rotatable bonds is 7. The Hall–Kier alpha value is -1.74. The maximum absolute atomic E-state index is 11.1. The van der Waals surface area contributed by atoms with Crippen LogP contribution in [0.4, 0.5) is 0 Å². The van der Waals surface area contributed by atoms with Crippen LogP contribution in [0, 0.1) is 0 Å². The predicted molar refractivity (Wildman–Crippen MR) is 80.1 cm³/mol. The van der Waals surface area contributed by atoms with Crippen LogP contribution in [0.3, 0.4) is 0 Å². The molecule has 3 heteroatoms. The zero-order valence-electron chi connectivity index (χ0n) is 10.7. The second-order valence-electron chi connectivity index (χ2n) is 4.22. The number of hydrogen-bond acceptors (Lipinski definition) is 2. The lowest BCUT2D eigenvalue weighted by atomic mass is 10.2. The Kier molecular flexibility index (Phi) is 5.50. The molecule has 0 N–H and O–H groups in total. The summed E-state index contributed by atoms with van der Waals surface area (Å²) in [6, 6.07) is 20.3. The highest BCUT2D eigenvalue weighted by molar-refractivity contribution is 7.99. The highest BCUT2D eigenvalue weighted by atomic mass is 32.2. The minimum atomic E-state index is 0.680. The number of amides is 1. The van der Waals surface area contributed by atoms with Crippen LogP contribution >= 0.6 is 11.8 Å². The van der Waals surface area contributed by atoms with Crippen LogP contribution < -0.4 is 0 Å². The molecule has 2 aromatic carbocycles. The van der Waals surface area contributed by atoms with E-state index in [1.807, 2.05) is 53.4 Å². The third-order valence-corrected chi connectivity index (χ3v) is 3.76. The molecular formula is C16H17NOS. The van der Waals surface area contributed by atoms with E-state index in [1.165, 1.54) is 10.5 Å². The molecule has 0 atom stereocenters. The van der Waals surface area contributed by atoms with Crippen molar-refractivity contribution in [2.45, 2.75) is 11.4 Å². The van der Waals surface area contributed by atoms with Gasteiger partial charge >= 0.3 is 0 Å². The van der Waals surface area contributed by atoms with Crippen molar-refractivity contribution in [1.82, 2.24) is 4.90 Å². The molecule has 98 valence electrons. The van der Waals surface area contributed by atoms with Crippen molar-refractivity contribution in [3.63, 3.8) is 0 Å². The number of carbonyl (C=O) groups excluding carboxylic acids is 1. The lowest BCUT2D eigenvalue weighted by Crippen LogP contribution is -2.23. The molecule has 1 amide bonds. The Labute approximate surface area is 118 Å². The SMILES string of the molecule is O=CN(CCSc1ccccc1)Cc1ccccc1. The van der Waals surface area contributed by atoms with Gasteiger partial charge in [0.15, 0.2) is 0 Å². The number of carbonyl (C=O) groups is 1. The van der Waals surface area contributed by atoms with E-state index in [4.69, 9.17) is 0 Å². The van der Waals surface area contributed by atoms with Gasteiger partial charge in [-0.25, -0.2) is 0 Å². The summed E-state index contributed by atoms with van der Waals surface area (Å²) < 4.78 is 0. The topological polar surface area (TPSA) is 20.3 Å². The average Bonchev–Trinajstić information content (AvgIpc) is 2.48. The molecule has 0 saturated heterocycles. The van der Waals surface area contributed by atoms with Gasteiger partial charge in [0, 0.05) is 23.7 Å². The molecular weight excluding hydrogens is 254 g/mol. The minimum Gasteiger partial charge on any atom is -0.340 e. The molecule has 0 fully saturated rings. The summed E-state index contributed by atoms with van der Waals surface area (Å²) in [6.07, 6.45) is 0.929. The van der Waals surface area contributed by atoms with Gasteiger partial charge in [-0.05, 0) is 17.7 Å². The van der Waals surface area contributed by atoms with Crippen LogP contribution in [-0.4, -0.2) is 23.6 Å². The van der Waals surface area contributed by atoms with Gasteiger partial charge in [0.25, 0.3) is 0 Å². The lowest BCUT2D eigenvalue weighted by Gasteiger charge is -2.17. The Morgan fingerprint density at radius 2 is 1.58 bits per heavy atom. The van der Waals surface area contributed by atoms with Gasteiger partial charge in [0.05, 0.1) is 0 Å². The molecule has 2 rings (SSSR count). The van der Waals surface area contributed by atoms with Crippen LogP contribution in [0.15, 0.2) is 65.6 Å². The van der Waals surface area contributed by atoms with Crippen LogP contribution in [0.1, 0.15) is 5.56 Å². The number of benzene rings is 2. The van der Waals surface area contributed by atoms with Gasteiger partial charge in [0.2, 0.25) is 6.41 Å². The Morgan fingerprint density at radius 1 is 0.947 bits per heavy atom. The van der Waals surface area contributed by atoms with Gasteiger partial charge < -0.3 is 4.90 Å². The summed E-state index contributed by atoms with van der Waals surface area (Å²) in [5.74, 6) is 0.912. The Balaban J connectivity index is 1.78. The lowest BCUT2D eigenvalue weighted by molar-refractivity contribution is -0.118. The second kappa shape index (κ2) is 7.64. The third kappa shape index (κ3) is 4.79. The summed E-state index contributed by atoms with van der Waals surface area (Å²) in [7, 11) is 0. The van der Waals surface area contributed by atoms with E-state index < -0.39 is 0 Å². The molecule has 0 aliphatic heterocycles. The van der Waals surface area contributed by atoms with Crippen LogP contribution in [0.25, 0.3) is 0 Å². The standard InChI is InChI=1S/C16H17NOS/c18-14-17(13-15-7-3-1-4-8-15)11-12-19-16-9-5-2-6-10-16/h1-10,14H,11-13H2. The summed E-state index contributed by atoms with van der Waals surface area (Å²) >= 11 is 1.77. The number of nitrogens with zero attached hydrogens (tertiary/aromatic N) is 1. The second-order valence-corrected chi connectivity index (χ2v) is 5.39. The van der Waals surface area contributed by atoms with Gasteiger partial charge in [-0.1, -0.05) is 48.5 Å². The molecule has 0 saturated carbocycles. The first-order valence-corrected chi connectivity index (χ1v) is 7.28. The molecule has 2 aromatic rings. The van der Waals surface area contributed by atoms with Crippen molar-refractivity contribution in [2.75, 3.05) is 12.3 Å². The quantitative estimate of drug-likeness (QED) is 0.568. The van der Waals surface area contributed by atoms with E-state index in [0.29, 0.717) is 6.54 Å². The van der Waals surface area contributed by atoms with Crippen molar-refractivity contribution in [1.29, 1.82) is 0 Å². The van der Waals surface area contributed by atoms with Crippen molar-refractivity contribution in [2.24, 2.45) is 0 Å². The largest absolute Gasteiger partial charge is 0.340 e. The van der Waals surface area contributed by atoms with E-state index >= 15 is 0 Å². The van der Waals surface area contributed by atoms with E-state index in [2.05, 4.69) is 12.1 Å². The number of hydrogen-bond donors (Lipinski definition) is 0. The number of thioether (sulfide) groups is 1. The minimum absolute atomic E-state index is 0.680. The maximum Gasteiger partial charge on any atom is 0.210 e. The van der Waals surface area contributed by atoms with Crippen molar-refractivity contribution in [3.05, 3.63) is 66.2 Å². The smallest absolute Gasteiger partial charge is 0.210 e. The van der Waals surface area contributed by atoms with Crippen molar-refractivity contribution < 1.29 is 4.79 Å². The van der Waals surface area contributed by atoms with E-state index in [0.717, 1.165) is 18.7 Å². The molecule has 0 aliphatic carbocycles. The van der Waals surface area contributed by atoms with E-state index in [1.54, 1.807) is 11.8 Å². The summed E-state index contributed by atoms with van der Waals surface area (Å²) in [6.45, 7) is 1.44.